The number of aromatic nitrogens is 1. The molecular formula is C17H16ClN3O4S2. The van der Waals surface area contributed by atoms with E-state index in [1.165, 1.54) is 18.2 Å². The van der Waals surface area contributed by atoms with E-state index < -0.39 is 15.9 Å². The summed E-state index contributed by atoms with van der Waals surface area (Å²) in [6.07, 6.45) is 1.03. The van der Waals surface area contributed by atoms with Crippen molar-refractivity contribution in [2.75, 3.05) is 16.3 Å². The smallest absolute Gasteiger partial charge is 0.308 e. The number of sulfonamides is 1. The minimum atomic E-state index is -3.44. The summed E-state index contributed by atoms with van der Waals surface area (Å²) in [6, 6.07) is 9.50. The predicted molar refractivity (Wildman–Crippen MR) is 110 cm³/mol. The van der Waals surface area contributed by atoms with Crippen molar-refractivity contribution in [1.29, 1.82) is 0 Å². The third kappa shape index (κ3) is 4.32. The quantitative estimate of drug-likeness (QED) is 0.654. The number of anilines is 2. The van der Waals surface area contributed by atoms with Crippen LogP contribution < -0.4 is 14.9 Å². The van der Waals surface area contributed by atoms with E-state index in [1.807, 2.05) is 6.92 Å². The molecule has 3 rings (SSSR count). The highest BCUT2D eigenvalue weighted by Gasteiger charge is 2.14. The Bertz CT molecular complexity index is 1200. The summed E-state index contributed by atoms with van der Waals surface area (Å²) >= 11 is 7.23. The number of carbonyl (C=O) groups is 1. The van der Waals surface area contributed by atoms with Gasteiger partial charge in [-0.15, -0.1) is 0 Å². The van der Waals surface area contributed by atoms with Gasteiger partial charge in [-0.05, 0) is 43.3 Å². The van der Waals surface area contributed by atoms with E-state index in [4.69, 9.17) is 11.6 Å². The van der Waals surface area contributed by atoms with Gasteiger partial charge < -0.3 is 5.32 Å². The molecule has 1 aromatic heterocycles. The van der Waals surface area contributed by atoms with Gasteiger partial charge in [0.25, 0.3) is 5.91 Å². The van der Waals surface area contributed by atoms with Crippen LogP contribution in [0.4, 0.5) is 11.4 Å². The molecule has 0 aliphatic carbocycles. The first-order valence-electron chi connectivity index (χ1n) is 7.90. The van der Waals surface area contributed by atoms with Crippen molar-refractivity contribution in [1.82, 2.24) is 4.57 Å². The van der Waals surface area contributed by atoms with E-state index in [0.717, 1.165) is 27.8 Å². The number of amides is 1. The Hall–Kier alpha value is -2.36. The summed E-state index contributed by atoms with van der Waals surface area (Å²) < 4.78 is 27.3. The fourth-order valence-corrected chi connectivity index (χ4v) is 4.43. The van der Waals surface area contributed by atoms with Gasteiger partial charge in [-0.2, -0.15) is 0 Å². The first kappa shape index (κ1) is 19.4. The molecule has 0 aliphatic heterocycles. The lowest BCUT2D eigenvalue weighted by Gasteiger charge is -2.09. The van der Waals surface area contributed by atoms with Crippen LogP contribution in [0.2, 0.25) is 5.02 Å². The zero-order valence-electron chi connectivity index (χ0n) is 14.4. The van der Waals surface area contributed by atoms with E-state index in [2.05, 4.69) is 10.0 Å². The van der Waals surface area contributed by atoms with Crippen molar-refractivity contribution in [3.63, 3.8) is 0 Å². The van der Waals surface area contributed by atoms with Crippen molar-refractivity contribution in [3.8, 4) is 0 Å². The molecule has 0 unspecified atom stereocenters. The lowest BCUT2D eigenvalue weighted by Crippen LogP contribution is -2.14. The largest absolute Gasteiger partial charge is 0.322 e. The number of fused-ring (bicyclic) bond motifs is 1. The molecule has 2 N–H and O–H groups in total. The van der Waals surface area contributed by atoms with E-state index in [9.17, 15) is 18.0 Å². The number of thiazole rings is 1. The van der Waals surface area contributed by atoms with Crippen LogP contribution in [0.25, 0.3) is 10.2 Å². The molecule has 0 fully saturated rings. The van der Waals surface area contributed by atoms with Crippen LogP contribution in [0.5, 0.6) is 0 Å². The fraction of sp³-hybridized carbons (Fsp3) is 0.176. The number of nitrogens with one attached hydrogen (secondary N) is 2. The maximum atomic E-state index is 12.5. The zero-order valence-corrected chi connectivity index (χ0v) is 16.8. The molecule has 2 aromatic carbocycles. The molecule has 142 valence electrons. The molecule has 27 heavy (non-hydrogen) atoms. The zero-order chi connectivity index (χ0) is 19.8. The molecule has 0 atom stereocenters. The Kier molecular flexibility index (Phi) is 5.27. The minimum absolute atomic E-state index is 0.0482. The van der Waals surface area contributed by atoms with Gasteiger partial charge >= 0.3 is 4.87 Å². The van der Waals surface area contributed by atoms with Crippen molar-refractivity contribution < 1.29 is 13.2 Å². The topological polar surface area (TPSA) is 97.3 Å². The second-order valence-corrected chi connectivity index (χ2v) is 8.97. The average Bonchev–Trinajstić information content (AvgIpc) is 2.87. The maximum Gasteiger partial charge on any atom is 0.308 e. The lowest BCUT2D eigenvalue weighted by molar-refractivity contribution is 0.102. The van der Waals surface area contributed by atoms with Gasteiger partial charge in [0.2, 0.25) is 10.0 Å². The Morgan fingerprint density at radius 1 is 1.19 bits per heavy atom. The number of benzene rings is 2. The monoisotopic (exact) mass is 425 g/mol. The van der Waals surface area contributed by atoms with Gasteiger partial charge in [0.15, 0.2) is 0 Å². The Labute approximate surface area is 164 Å². The van der Waals surface area contributed by atoms with Crippen LogP contribution in [0, 0.1) is 0 Å². The Balaban J connectivity index is 1.85. The van der Waals surface area contributed by atoms with Crippen molar-refractivity contribution in [2.45, 2.75) is 13.5 Å². The van der Waals surface area contributed by atoms with E-state index in [0.29, 0.717) is 12.2 Å². The van der Waals surface area contributed by atoms with Gasteiger partial charge in [-0.25, -0.2) is 8.42 Å². The third-order valence-corrected chi connectivity index (χ3v) is 5.62. The van der Waals surface area contributed by atoms with Crippen LogP contribution in [-0.2, 0) is 16.6 Å². The molecule has 7 nitrogen and oxygen atoms in total. The first-order valence-corrected chi connectivity index (χ1v) is 11.0. The summed E-state index contributed by atoms with van der Waals surface area (Å²) in [5, 5.41) is 2.85. The van der Waals surface area contributed by atoms with Gasteiger partial charge in [-0.3, -0.25) is 18.9 Å². The summed E-state index contributed by atoms with van der Waals surface area (Å²) in [5.41, 5.74) is 1.83. The van der Waals surface area contributed by atoms with Crippen LogP contribution in [-0.4, -0.2) is 25.1 Å². The second-order valence-electron chi connectivity index (χ2n) is 5.82. The lowest BCUT2D eigenvalue weighted by atomic mass is 10.2. The summed E-state index contributed by atoms with van der Waals surface area (Å²) in [4.78, 5) is 24.4. The van der Waals surface area contributed by atoms with Crippen molar-refractivity contribution in [2.24, 2.45) is 0 Å². The molecule has 10 heteroatoms. The van der Waals surface area contributed by atoms with Crippen LogP contribution >= 0.6 is 22.9 Å². The molecule has 1 amide bonds. The van der Waals surface area contributed by atoms with Crippen LogP contribution in [0.15, 0.2) is 41.2 Å². The summed E-state index contributed by atoms with van der Waals surface area (Å²) in [5.74, 6) is -0.437. The number of hydrogen-bond acceptors (Lipinski definition) is 5. The highest BCUT2D eigenvalue weighted by molar-refractivity contribution is 7.92. The number of hydrogen-bond donors (Lipinski definition) is 2. The standard InChI is InChI=1S/C17H16ClN3O4S2/c1-3-21-14-7-5-10(9-15(14)26-17(21)23)19-16(22)12-6-4-11(8-13(12)18)20-27(2,24)25/h4-9,20H,3H2,1-2H3,(H,19,22). The third-order valence-electron chi connectivity index (χ3n) is 3.76. The van der Waals surface area contributed by atoms with Crippen LogP contribution in [0.1, 0.15) is 17.3 Å². The first-order chi connectivity index (χ1) is 12.7. The SMILES string of the molecule is CCn1c(=O)sc2cc(NC(=O)c3ccc(NS(C)(=O)=O)cc3Cl)ccc21. The van der Waals surface area contributed by atoms with E-state index >= 15 is 0 Å². The predicted octanol–water partition coefficient (Wildman–Crippen LogP) is 3.36. The molecule has 0 radical (unpaired) electrons. The molecule has 1 heterocycles. The molecule has 0 saturated heterocycles. The summed E-state index contributed by atoms with van der Waals surface area (Å²) in [6.45, 7) is 2.47. The van der Waals surface area contributed by atoms with Gasteiger partial charge in [0.1, 0.15) is 0 Å². The number of nitrogens with zero attached hydrogens (tertiary/aromatic N) is 1. The van der Waals surface area contributed by atoms with Gasteiger partial charge in [0.05, 0.1) is 27.1 Å². The number of aryl methyl sites for hydroxylation is 1. The van der Waals surface area contributed by atoms with E-state index in [1.54, 1.807) is 22.8 Å². The summed E-state index contributed by atoms with van der Waals surface area (Å²) in [7, 11) is -3.44. The molecular weight excluding hydrogens is 410 g/mol. The van der Waals surface area contributed by atoms with Crippen molar-refractivity contribution in [3.05, 3.63) is 56.7 Å². The minimum Gasteiger partial charge on any atom is -0.322 e. The number of rotatable bonds is 5. The Morgan fingerprint density at radius 2 is 1.89 bits per heavy atom. The van der Waals surface area contributed by atoms with Crippen molar-refractivity contribution >= 4 is 60.5 Å². The number of halogens is 1. The van der Waals surface area contributed by atoms with Crippen LogP contribution in [0.3, 0.4) is 0 Å². The normalized spacial score (nSPS) is 11.5. The second kappa shape index (κ2) is 7.34. The molecule has 0 spiro atoms. The molecule has 0 aliphatic rings. The maximum absolute atomic E-state index is 12.5. The van der Waals surface area contributed by atoms with Gasteiger partial charge in [-0.1, -0.05) is 22.9 Å². The molecule has 3 aromatic rings. The fourth-order valence-electron chi connectivity index (χ4n) is 2.62. The molecule has 0 bridgehead atoms. The molecule has 0 saturated carbocycles. The van der Waals surface area contributed by atoms with Gasteiger partial charge in [0, 0.05) is 17.9 Å². The van der Waals surface area contributed by atoms with E-state index in [-0.39, 0.29) is 21.1 Å². The highest BCUT2D eigenvalue weighted by Crippen LogP contribution is 2.25. The number of carbonyl (C=O) groups excluding carboxylic acids is 1. The average molecular weight is 426 g/mol. The Morgan fingerprint density at radius 3 is 2.52 bits per heavy atom. The highest BCUT2D eigenvalue weighted by atomic mass is 35.5.